The summed E-state index contributed by atoms with van der Waals surface area (Å²) in [5, 5.41) is 10.3. The average molecular weight is 221 g/mol. The maximum atomic E-state index is 13.1. The minimum absolute atomic E-state index is 0.154. The molecule has 0 aliphatic carbocycles. The fourth-order valence-electron chi connectivity index (χ4n) is 0.974. The van der Waals surface area contributed by atoms with Gasteiger partial charge in [0, 0.05) is 0 Å². The van der Waals surface area contributed by atoms with Crippen LogP contribution in [0.1, 0.15) is 17.7 Å². The summed E-state index contributed by atoms with van der Waals surface area (Å²) in [6, 6.07) is 0.715. The van der Waals surface area contributed by atoms with Crippen LogP contribution in [0.15, 0.2) is 6.07 Å². The number of pyridine rings is 1. The lowest BCUT2D eigenvalue weighted by molar-refractivity contribution is -0.392. The van der Waals surface area contributed by atoms with E-state index in [0.29, 0.717) is 6.07 Å². The van der Waals surface area contributed by atoms with E-state index in [1.165, 1.54) is 0 Å². The summed E-state index contributed by atoms with van der Waals surface area (Å²) in [6.07, 6.45) is -3.14. The fraction of sp³-hybridized carbons (Fsp3) is 0.286. The van der Waals surface area contributed by atoms with Crippen LogP contribution in [0.3, 0.4) is 0 Å². The van der Waals surface area contributed by atoms with Crippen molar-refractivity contribution in [3.63, 3.8) is 0 Å². The minimum Gasteiger partial charge on any atom is -0.358 e. The largest absolute Gasteiger partial charge is 0.400 e. The van der Waals surface area contributed by atoms with E-state index in [-0.39, 0.29) is 12.2 Å². The normalized spacial score (nSPS) is 10.7. The molecule has 0 spiro atoms. The van der Waals surface area contributed by atoms with Crippen LogP contribution in [0, 0.1) is 15.9 Å². The Kier molecular flexibility index (Phi) is 3.20. The van der Waals surface area contributed by atoms with Crippen molar-refractivity contribution in [2.75, 3.05) is 0 Å². The lowest BCUT2D eigenvalue weighted by Gasteiger charge is -2.02. The minimum atomic E-state index is -3.14. The molecule has 0 bridgehead atoms. The van der Waals surface area contributed by atoms with Crippen molar-refractivity contribution in [3.05, 3.63) is 33.3 Å². The summed E-state index contributed by atoms with van der Waals surface area (Å²) < 4.78 is 37.6. The third-order valence-corrected chi connectivity index (χ3v) is 1.64. The van der Waals surface area contributed by atoms with E-state index in [9.17, 15) is 23.3 Å². The van der Waals surface area contributed by atoms with Gasteiger partial charge >= 0.3 is 5.82 Å². The highest BCUT2D eigenvalue weighted by molar-refractivity contribution is 5.32. The number of nitrogens with zero attached hydrogens (tertiary/aromatic N) is 2. The number of aromatic nitrogens is 1. The number of rotatable bonds is 3. The maximum Gasteiger partial charge on any atom is 0.400 e. The van der Waals surface area contributed by atoms with Gasteiger partial charge in [0.05, 0.1) is 12.1 Å². The zero-order chi connectivity index (χ0) is 11.6. The van der Waals surface area contributed by atoms with E-state index < -0.39 is 28.5 Å². The molecule has 0 atom stereocenters. The molecule has 5 nitrogen and oxygen atoms in total. The Morgan fingerprint density at radius 2 is 2.20 bits per heavy atom. The van der Waals surface area contributed by atoms with Crippen molar-refractivity contribution in [2.45, 2.75) is 13.0 Å². The molecule has 1 aromatic heterocycles. The van der Waals surface area contributed by atoms with Gasteiger partial charge in [0.2, 0.25) is 5.82 Å². The van der Waals surface area contributed by atoms with Crippen LogP contribution < -0.4 is 5.73 Å². The van der Waals surface area contributed by atoms with Crippen LogP contribution in [-0.4, -0.2) is 9.91 Å². The Morgan fingerprint density at radius 3 is 2.60 bits per heavy atom. The molecular weight excluding hydrogens is 215 g/mol. The Balaban J connectivity index is 3.40. The molecule has 1 aromatic rings. The Labute approximate surface area is 81.9 Å². The number of hydrogen-bond acceptors (Lipinski definition) is 4. The van der Waals surface area contributed by atoms with Crippen LogP contribution in [0.2, 0.25) is 0 Å². The van der Waals surface area contributed by atoms with Gasteiger partial charge in [-0.05, 0) is 16.0 Å². The first kappa shape index (κ1) is 11.4. The number of hydrogen-bond donors (Lipinski definition) is 1. The van der Waals surface area contributed by atoms with Gasteiger partial charge in [-0.15, -0.1) is 0 Å². The summed E-state index contributed by atoms with van der Waals surface area (Å²) in [6.45, 7) is -0.277. The predicted molar refractivity (Wildman–Crippen MR) is 43.7 cm³/mol. The molecule has 8 heteroatoms. The zero-order valence-corrected chi connectivity index (χ0v) is 7.28. The topological polar surface area (TPSA) is 82.0 Å². The van der Waals surface area contributed by atoms with Gasteiger partial charge in [0.25, 0.3) is 6.43 Å². The quantitative estimate of drug-likeness (QED) is 0.619. The molecule has 1 rings (SSSR count). The first-order chi connectivity index (χ1) is 6.97. The lowest BCUT2D eigenvalue weighted by atomic mass is 10.2. The second kappa shape index (κ2) is 4.22. The standard InChI is InChI=1S/C7H6F3N3O2/c8-5-4(6(9)10)1-3(2-11)12-7(5)13(14)15/h1,6H,2,11H2. The van der Waals surface area contributed by atoms with Crippen LogP contribution >= 0.6 is 0 Å². The molecule has 15 heavy (non-hydrogen) atoms. The third kappa shape index (κ3) is 2.21. The maximum absolute atomic E-state index is 13.1. The Morgan fingerprint density at radius 1 is 1.60 bits per heavy atom. The van der Waals surface area contributed by atoms with Crippen molar-refractivity contribution in [1.29, 1.82) is 0 Å². The SMILES string of the molecule is NCc1cc(C(F)F)c(F)c([N+](=O)[O-])n1. The van der Waals surface area contributed by atoms with E-state index in [1.807, 2.05) is 0 Å². The number of nitro groups is 1. The zero-order valence-electron chi connectivity index (χ0n) is 7.28. The van der Waals surface area contributed by atoms with Crippen LogP contribution in [-0.2, 0) is 6.54 Å². The van der Waals surface area contributed by atoms with Gasteiger partial charge < -0.3 is 15.8 Å². The second-order valence-electron chi connectivity index (χ2n) is 2.60. The van der Waals surface area contributed by atoms with Gasteiger partial charge in [0.1, 0.15) is 0 Å². The molecule has 0 aromatic carbocycles. The van der Waals surface area contributed by atoms with Gasteiger partial charge in [0.15, 0.2) is 5.69 Å². The molecule has 0 aliphatic rings. The first-order valence-electron chi connectivity index (χ1n) is 3.79. The highest BCUT2D eigenvalue weighted by Crippen LogP contribution is 2.27. The molecule has 0 radical (unpaired) electrons. The Bertz CT molecular complexity index is 397. The van der Waals surface area contributed by atoms with Crippen molar-refractivity contribution in [1.82, 2.24) is 4.98 Å². The Hall–Kier alpha value is -1.70. The van der Waals surface area contributed by atoms with Crippen molar-refractivity contribution in [3.8, 4) is 0 Å². The van der Waals surface area contributed by atoms with Crippen LogP contribution in [0.5, 0.6) is 0 Å². The summed E-state index contributed by atoms with van der Waals surface area (Å²) >= 11 is 0. The van der Waals surface area contributed by atoms with Gasteiger partial charge in [-0.1, -0.05) is 0 Å². The molecule has 0 saturated carbocycles. The van der Waals surface area contributed by atoms with E-state index in [2.05, 4.69) is 4.98 Å². The van der Waals surface area contributed by atoms with Crippen molar-refractivity contribution in [2.24, 2.45) is 5.73 Å². The van der Waals surface area contributed by atoms with Crippen molar-refractivity contribution >= 4 is 5.82 Å². The molecule has 82 valence electrons. The van der Waals surface area contributed by atoms with E-state index in [0.717, 1.165) is 0 Å². The van der Waals surface area contributed by atoms with Gasteiger partial charge in [-0.25, -0.2) is 8.78 Å². The highest BCUT2D eigenvalue weighted by Gasteiger charge is 2.26. The molecule has 0 saturated heterocycles. The third-order valence-electron chi connectivity index (χ3n) is 1.64. The average Bonchev–Trinajstić information content (AvgIpc) is 2.17. The summed E-state index contributed by atoms with van der Waals surface area (Å²) in [5.74, 6) is -2.85. The molecule has 2 N–H and O–H groups in total. The summed E-state index contributed by atoms with van der Waals surface area (Å²) in [4.78, 5) is 12.3. The first-order valence-corrected chi connectivity index (χ1v) is 3.79. The van der Waals surface area contributed by atoms with E-state index in [1.54, 1.807) is 0 Å². The van der Waals surface area contributed by atoms with Gasteiger partial charge in [-0.2, -0.15) is 4.39 Å². The summed E-state index contributed by atoms with van der Waals surface area (Å²) in [7, 11) is 0. The lowest BCUT2D eigenvalue weighted by Crippen LogP contribution is -2.07. The second-order valence-corrected chi connectivity index (χ2v) is 2.60. The molecule has 0 fully saturated rings. The molecular formula is C7H6F3N3O2. The molecule has 1 heterocycles. The van der Waals surface area contributed by atoms with E-state index in [4.69, 9.17) is 5.73 Å². The smallest absolute Gasteiger partial charge is 0.358 e. The molecule has 0 aliphatic heterocycles. The van der Waals surface area contributed by atoms with Crippen molar-refractivity contribution < 1.29 is 18.1 Å². The predicted octanol–water partition coefficient (Wildman–Crippen LogP) is 1.53. The highest BCUT2D eigenvalue weighted by atomic mass is 19.3. The number of halogens is 3. The van der Waals surface area contributed by atoms with E-state index >= 15 is 0 Å². The molecule has 0 unspecified atom stereocenters. The van der Waals surface area contributed by atoms with Crippen LogP contribution in [0.4, 0.5) is 19.0 Å². The number of alkyl halides is 2. The monoisotopic (exact) mass is 221 g/mol. The van der Waals surface area contributed by atoms with Gasteiger partial charge in [-0.3, -0.25) is 0 Å². The summed E-state index contributed by atoms with van der Waals surface area (Å²) in [5.41, 5.74) is 3.87. The number of nitrogens with two attached hydrogens (primary N) is 1. The molecule has 0 amide bonds. The van der Waals surface area contributed by atoms with Crippen LogP contribution in [0.25, 0.3) is 0 Å². The fourth-order valence-corrected chi connectivity index (χ4v) is 0.974.